The molecule has 0 spiro atoms. The molecule has 110 valence electrons. The number of carboxylic acids is 2. The van der Waals surface area contributed by atoms with Crippen LogP contribution in [0.1, 0.15) is 12.6 Å². The molecule has 0 fully saturated rings. The molecule has 0 unspecified atom stereocenters. The molecular formula is C10H14N4O4S2. The molecule has 2 aromatic rings. The molecule has 0 atom stereocenters. The monoisotopic (exact) mass is 318 g/mol. The Morgan fingerprint density at radius 3 is 2.10 bits per heavy atom. The first-order valence-corrected chi connectivity index (χ1v) is 6.83. The van der Waals surface area contributed by atoms with Crippen LogP contribution in [0.3, 0.4) is 0 Å². The van der Waals surface area contributed by atoms with Gasteiger partial charge in [0.05, 0.1) is 12.1 Å². The number of anilines is 2. The highest BCUT2D eigenvalue weighted by Gasteiger charge is 2.02. The molecule has 0 amide bonds. The first-order chi connectivity index (χ1) is 9.31. The van der Waals surface area contributed by atoms with Crippen LogP contribution in [-0.4, -0.2) is 32.1 Å². The highest BCUT2D eigenvalue weighted by Crippen LogP contribution is 2.10. The summed E-state index contributed by atoms with van der Waals surface area (Å²) in [4.78, 5) is 26.6. The molecule has 0 aromatic carbocycles. The number of hydrogen-bond donors (Lipinski definition) is 4. The van der Waals surface area contributed by atoms with Gasteiger partial charge in [-0.25, -0.2) is 9.97 Å². The van der Waals surface area contributed by atoms with Crippen molar-refractivity contribution in [1.82, 2.24) is 9.97 Å². The second kappa shape index (κ2) is 9.69. The van der Waals surface area contributed by atoms with Crippen LogP contribution in [0.15, 0.2) is 17.0 Å². The lowest BCUT2D eigenvalue weighted by molar-refractivity contribution is -0.136. The van der Waals surface area contributed by atoms with Crippen LogP contribution in [0.4, 0.5) is 10.3 Å². The number of hydrogen-bond acceptors (Lipinski definition) is 8. The summed E-state index contributed by atoms with van der Waals surface area (Å²) in [6.07, 6.45) is 1.63. The highest BCUT2D eigenvalue weighted by atomic mass is 32.1. The second-order valence-corrected chi connectivity index (χ2v) is 4.95. The van der Waals surface area contributed by atoms with E-state index in [1.165, 1.54) is 22.7 Å². The van der Waals surface area contributed by atoms with Crippen LogP contribution in [0.25, 0.3) is 0 Å². The molecule has 0 saturated carbocycles. The van der Waals surface area contributed by atoms with Crippen LogP contribution in [-0.2, 0) is 16.0 Å². The van der Waals surface area contributed by atoms with E-state index in [1.54, 1.807) is 11.6 Å². The Kier molecular flexibility index (Phi) is 8.63. The Morgan fingerprint density at radius 2 is 1.85 bits per heavy atom. The topological polar surface area (TPSA) is 152 Å². The number of nitrogens with zero attached hydrogens (tertiary/aromatic N) is 2. The molecule has 0 bridgehead atoms. The third kappa shape index (κ3) is 10.9. The number of thiazole rings is 2. The molecule has 0 aliphatic rings. The Hall–Kier alpha value is -2.20. The zero-order chi connectivity index (χ0) is 15.5. The van der Waals surface area contributed by atoms with Crippen molar-refractivity contribution in [3.63, 3.8) is 0 Å². The van der Waals surface area contributed by atoms with Gasteiger partial charge in [-0.15, -0.1) is 22.7 Å². The van der Waals surface area contributed by atoms with Gasteiger partial charge in [0.15, 0.2) is 10.3 Å². The molecular weight excluding hydrogens is 304 g/mol. The van der Waals surface area contributed by atoms with E-state index < -0.39 is 11.9 Å². The fraction of sp³-hybridized carbons (Fsp3) is 0.200. The largest absolute Gasteiger partial charge is 0.481 e. The first kappa shape index (κ1) is 17.8. The van der Waals surface area contributed by atoms with E-state index in [2.05, 4.69) is 9.97 Å². The molecule has 8 nitrogen and oxygen atoms in total. The van der Waals surface area contributed by atoms with Crippen molar-refractivity contribution >= 4 is 44.9 Å². The van der Waals surface area contributed by atoms with E-state index in [0.29, 0.717) is 16.0 Å². The summed E-state index contributed by atoms with van der Waals surface area (Å²) >= 11 is 2.69. The van der Waals surface area contributed by atoms with E-state index in [1.807, 2.05) is 5.38 Å². The normalized spacial score (nSPS) is 8.65. The molecule has 0 aliphatic heterocycles. The Balaban J connectivity index is 0.000000307. The third-order valence-electron chi connectivity index (χ3n) is 1.35. The SMILES string of the molecule is CC(=O)O.Nc1nc(CC(=O)O)cs1.Nc1nccs1. The minimum atomic E-state index is -0.884. The highest BCUT2D eigenvalue weighted by molar-refractivity contribution is 7.13. The maximum Gasteiger partial charge on any atom is 0.309 e. The van der Waals surface area contributed by atoms with Gasteiger partial charge in [-0.05, 0) is 0 Å². The second-order valence-electron chi connectivity index (χ2n) is 3.14. The zero-order valence-electron chi connectivity index (χ0n) is 10.5. The van der Waals surface area contributed by atoms with Crippen molar-refractivity contribution in [3.8, 4) is 0 Å². The van der Waals surface area contributed by atoms with Gasteiger partial charge >= 0.3 is 5.97 Å². The average Bonchev–Trinajstić information content (AvgIpc) is 2.90. The fourth-order valence-electron chi connectivity index (χ4n) is 0.793. The molecule has 20 heavy (non-hydrogen) atoms. The van der Waals surface area contributed by atoms with E-state index in [0.717, 1.165) is 6.92 Å². The molecule has 0 aliphatic carbocycles. The van der Waals surface area contributed by atoms with Gasteiger partial charge in [0.2, 0.25) is 0 Å². The molecule has 10 heteroatoms. The maximum absolute atomic E-state index is 10.1. The lowest BCUT2D eigenvalue weighted by Crippen LogP contribution is -2.00. The lowest BCUT2D eigenvalue weighted by Gasteiger charge is -1.85. The van der Waals surface area contributed by atoms with E-state index >= 15 is 0 Å². The molecule has 0 radical (unpaired) electrons. The predicted octanol–water partition coefficient (Wildman–Crippen LogP) is 1.17. The van der Waals surface area contributed by atoms with Crippen molar-refractivity contribution in [1.29, 1.82) is 0 Å². The van der Waals surface area contributed by atoms with Crippen molar-refractivity contribution in [2.24, 2.45) is 0 Å². The van der Waals surface area contributed by atoms with Crippen LogP contribution >= 0.6 is 22.7 Å². The summed E-state index contributed by atoms with van der Waals surface area (Å²) in [7, 11) is 0. The first-order valence-electron chi connectivity index (χ1n) is 5.07. The molecule has 2 heterocycles. The number of nitrogen functional groups attached to an aromatic ring is 2. The molecule has 2 aromatic heterocycles. The number of rotatable bonds is 2. The number of aromatic nitrogens is 2. The third-order valence-corrected chi connectivity index (χ3v) is 2.68. The Morgan fingerprint density at radius 1 is 1.25 bits per heavy atom. The number of aliphatic carboxylic acids is 2. The minimum absolute atomic E-state index is 0.0479. The van der Waals surface area contributed by atoms with Crippen LogP contribution < -0.4 is 11.5 Å². The van der Waals surface area contributed by atoms with Gasteiger partial charge < -0.3 is 21.7 Å². The van der Waals surface area contributed by atoms with E-state index in [-0.39, 0.29) is 6.42 Å². The van der Waals surface area contributed by atoms with Gasteiger partial charge in [-0.3, -0.25) is 9.59 Å². The van der Waals surface area contributed by atoms with Crippen molar-refractivity contribution in [2.45, 2.75) is 13.3 Å². The zero-order valence-corrected chi connectivity index (χ0v) is 12.1. The fourth-order valence-corrected chi connectivity index (χ4v) is 1.74. The summed E-state index contributed by atoms with van der Waals surface area (Å²) < 4.78 is 0. The Labute approximate surface area is 122 Å². The molecule has 2 rings (SSSR count). The van der Waals surface area contributed by atoms with Gasteiger partial charge in [-0.1, -0.05) is 0 Å². The average molecular weight is 318 g/mol. The van der Waals surface area contributed by atoms with Gasteiger partial charge in [-0.2, -0.15) is 0 Å². The predicted molar refractivity (Wildman–Crippen MR) is 77.7 cm³/mol. The van der Waals surface area contributed by atoms with Gasteiger partial charge in [0.1, 0.15) is 0 Å². The smallest absolute Gasteiger partial charge is 0.309 e. The maximum atomic E-state index is 10.1. The summed E-state index contributed by atoms with van der Waals surface area (Å²) in [6, 6.07) is 0. The van der Waals surface area contributed by atoms with Crippen LogP contribution in [0, 0.1) is 0 Å². The van der Waals surface area contributed by atoms with E-state index in [4.69, 9.17) is 26.5 Å². The molecule has 6 N–H and O–H groups in total. The summed E-state index contributed by atoms with van der Waals surface area (Å²) in [5.74, 6) is -1.72. The number of nitrogens with two attached hydrogens (primary N) is 2. The number of carboxylic acid groups (broad SMARTS) is 2. The quantitative estimate of drug-likeness (QED) is 0.643. The standard InChI is InChI=1S/C5H6N2O2S.C3H4N2S.C2H4O2/c6-5-7-3(2-10-5)1-4(8)9;4-3-5-1-2-6-3;1-2(3)4/h2H,1H2,(H2,6,7)(H,8,9);1-2H,(H2,4,5);1H3,(H,3,4). The van der Waals surface area contributed by atoms with Gasteiger partial charge in [0, 0.05) is 23.9 Å². The van der Waals surface area contributed by atoms with E-state index in [9.17, 15) is 4.79 Å². The summed E-state index contributed by atoms with van der Waals surface area (Å²) in [5, 5.41) is 20.2. The summed E-state index contributed by atoms with van der Waals surface area (Å²) in [5.41, 5.74) is 11.0. The Bertz CT molecular complexity index is 523. The van der Waals surface area contributed by atoms with Crippen LogP contribution in [0.2, 0.25) is 0 Å². The van der Waals surface area contributed by atoms with Crippen molar-refractivity contribution in [3.05, 3.63) is 22.7 Å². The van der Waals surface area contributed by atoms with Crippen molar-refractivity contribution < 1.29 is 19.8 Å². The summed E-state index contributed by atoms with van der Waals surface area (Å²) in [6.45, 7) is 1.08. The van der Waals surface area contributed by atoms with Crippen LogP contribution in [0.5, 0.6) is 0 Å². The van der Waals surface area contributed by atoms with Crippen molar-refractivity contribution in [2.75, 3.05) is 11.5 Å². The van der Waals surface area contributed by atoms with Gasteiger partial charge in [0.25, 0.3) is 5.97 Å². The number of carbonyl (C=O) groups is 2. The lowest BCUT2D eigenvalue weighted by atomic mass is 10.3. The molecule has 0 saturated heterocycles. The minimum Gasteiger partial charge on any atom is -0.481 e.